The van der Waals surface area contributed by atoms with Crippen molar-refractivity contribution >= 4 is 22.9 Å². The van der Waals surface area contributed by atoms with Gasteiger partial charge in [0.2, 0.25) is 5.95 Å². The normalized spacial score (nSPS) is 12.3. The van der Waals surface area contributed by atoms with Gasteiger partial charge in [-0.1, -0.05) is 27.7 Å². The summed E-state index contributed by atoms with van der Waals surface area (Å²) in [6.07, 6.45) is 1.59. The van der Waals surface area contributed by atoms with Gasteiger partial charge in [-0.3, -0.25) is 0 Å². The number of imidazole rings is 1. The van der Waals surface area contributed by atoms with Crippen LogP contribution in [0.25, 0.3) is 11.2 Å². The van der Waals surface area contributed by atoms with E-state index in [1.54, 1.807) is 6.33 Å². The molecule has 2 aromatic rings. The first-order valence-electron chi connectivity index (χ1n) is 6.10. The molecule has 0 saturated heterocycles. The Hall–Kier alpha value is -1.85. The first kappa shape index (κ1) is 12.6. The Balaban J connectivity index is 2.24. The van der Waals surface area contributed by atoms with Gasteiger partial charge < -0.3 is 16.0 Å². The average Bonchev–Trinajstić information content (AvgIpc) is 2.73. The molecule has 0 spiro atoms. The van der Waals surface area contributed by atoms with Gasteiger partial charge >= 0.3 is 0 Å². The molecule has 0 amide bonds. The summed E-state index contributed by atoms with van der Waals surface area (Å²) in [5.74, 6) is 1.52. The maximum Gasteiger partial charge on any atom is 0.224 e. The fraction of sp³-hybridized carbons (Fsp3) is 0.583. The standard InChI is InChI=1S/C12H20N6/c1-7(2)12(3,4)5-14-9-8-10(16-6-15-8)18-11(13)17-9/h6-7H,5H2,1-4H3,(H4,13,14,15,16,17,18). The van der Waals surface area contributed by atoms with Crippen LogP contribution < -0.4 is 11.1 Å². The second-order valence-corrected chi connectivity index (χ2v) is 5.53. The average molecular weight is 248 g/mol. The minimum Gasteiger partial charge on any atom is -0.368 e. The summed E-state index contributed by atoms with van der Waals surface area (Å²) in [4.78, 5) is 15.4. The molecule has 2 heterocycles. The van der Waals surface area contributed by atoms with Crippen molar-refractivity contribution in [2.75, 3.05) is 17.6 Å². The molecule has 0 bridgehead atoms. The van der Waals surface area contributed by atoms with E-state index in [1.807, 2.05) is 0 Å². The molecule has 6 heteroatoms. The number of nitrogens with two attached hydrogens (primary N) is 1. The van der Waals surface area contributed by atoms with Crippen LogP contribution >= 0.6 is 0 Å². The number of nitrogens with one attached hydrogen (secondary N) is 2. The molecule has 2 rings (SSSR count). The van der Waals surface area contributed by atoms with Crippen LogP contribution in [-0.4, -0.2) is 26.5 Å². The van der Waals surface area contributed by atoms with E-state index in [4.69, 9.17) is 5.73 Å². The SMILES string of the molecule is CC(C)C(C)(C)CNc1nc(N)nc2nc[nH]c12. The molecule has 0 unspecified atom stereocenters. The van der Waals surface area contributed by atoms with Gasteiger partial charge in [0.25, 0.3) is 0 Å². The number of hydrogen-bond acceptors (Lipinski definition) is 5. The lowest BCUT2D eigenvalue weighted by Crippen LogP contribution is -2.29. The zero-order chi connectivity index (χ0) is 13.3. The summed E-state index contributed by atoms with van der Waals surface area (Å²) in [6, 6.07) is 0. The number of aromatic nitrogens is 4. The van der Waals surface area contributed by atoms with E-state index >= 15 is 0 Å². The summed E-state index contributed by atoms with van der Waals surface area (Å²) >= 11 is 0. The number of nitrogens with zero attached hydrogens (tertiary/aromatic N) is 3. The van der Waals surface area contributed by atoms with Crippen molar-refractivity contribution in [1.29, 1.82) is 0 Å². The molecule has 0 atom stereocenters. The molecule has 98 valence electrons. The Morgan fingerprint density at radius 1 is 1.39 bits per heavy atom. The van der Waals surface area contributed by atoms with Crippen LogP contribution in [0.2, 0.25) is 0 Å². The van der Waals surface area contributed by atoms with E-state index < -0.39 is 0 Å². The smallest absolute Gasteiger partial charge is 0.224 e. The second kappa shape index (κ2) is 4.44. The maximum atomic E-state index is 5.67. The zero-order valence-corrected chi connectivity index (χ0v) is 11.3. The highest BCUT2D eigenvalue weighted by atomic mass is 15.1. The molecule has 0 aliphatic heterocycles. The summed E-state index contributed by atoms with van der Waals surface area (Å²) in [5.41, 5.74) is 7.22. The fourth-order valence-electron chi connectivity index (χ4n) is 1.49. The minimum atomic E-state index is 0.173. The van der Waals surface area contributed by atoms with Crippen LogP contribution in [0.1, 0.15) is 27.7 Å². The monoisotopic (exact) mass is 248 g/mol. The molecule has 0 saturated carbocycles. The minimum absolute atomic E-state index is 0.173. The lowest BCUT2D eigenvalue weighted by Gasteiger charge is -2.29. The lowest BCUT2D eigenvalue weighted by atomic mass is 9.81. The van der Waals surface area contributed by atoms with Gasteiger partial charge in [0.05, 0.1) is 6.33 Å². The van der Waals surface area contributed by atoms with Crippen molar-refractivity contribution in [3.05, 3.63) is 6.33 Å². The fourth-order valence-corrected chi connectivity index (χ4v) is 1.49. The molecule has 0 aliphatic carbocycles. The van der Waals surface area contributed by atoms with Crippen LogP contribution in [-0.2, 0) is 0 Å². The zero-order valence-electron chi connectivity index (χ0n) is 11.3. The number of H-pyrrole nitrogens is 1. The summed E-state index contributed by atoms with van der Waals surface area (Å²) in [5, 5.41) is 3.33. The lowest BCUT2D eigenvalue weighted by molar-refractivity contribution is 0.269. The van der Waals surface area contributed by atoms with Crippen molar-refractivity contribution < 1.29 is 0 Å². The topological polar surface area (TPSA) is 92.5 Å². The van der Waals surface area contributed by atoms with E-state index in [9.17, 15) is 0 Å². The van der Waals surface area contributed by atoms with E-state index in [0.29, 0.717) is 17.4 Å². The van der Waals surface area contributed by atoms with Crippen LogP contribution in [0.4, 0.5) is 11.8 Å². The van der Waals surface area contributed by atoms with Gasteiger partial charge in [0, 0.05) is 6.54 Å². The number of hydrogen-bond donors (Lipinski definition) is 3. The van der Waals surface area contributed by atoms with Crippen LogP contribution in [0.5, 0.6) is 0 Å². The van der Waals surface area contributed by atoms with Crippen molar-refractivity contribution in [1.82, 2.24) is 19.9 Å². The molecule has 18 heavy (non-hydrogen) atoms. The number of aromatic amines is 1. The van der Waals surface area contributed by atoms with Gasteiger partial charge in [0.15, 0.2) is 11.5 Å². The third-order valence-corrected chi connectivity index (χ3v) is 3.58. The molecule has 6 nitrogen and oxygen atoms in total. The van der Waals surface area contributed by atoms with Gasteiger partial charge in [-0.25, -0.2) is 4.98 Å². The third kappa shape index (κ3) is 2.37. The Morgan fingerprint density at radius 2 is 2.11 bits per heavy atom. The predicted octanol–water partition coefficient (Wildman–Crippen LogP) is 2.03. The predicted molar refractivity (Wildman–Crippen MR) is 73.2 cm³/mol. The largest absolute Gasteiger partial charge is 0.368 e. The molecular formula is C12H20N6. The van der Waals surface area contributed by atoms with Gasteiger partial charge in [-0.2, -0.15) is 9.97 Å². The second-order valence-electron chi connectivity index (χ2n) is 5.53. The molecule has 0 aliphatic rings. The number of anilines is 2. The Kier molecular flexibility index (Phi) is 3.11. The molecule has 0 aromatic carbocycles. The van der Waals surface area contributed by atoms with Gasteiger partial charge in [-0.15, -0.1) is 0 Å². The maximum absolute atomic E-state index is 5.67. The highest BCUT2D eigenvalue weighted by molar-refractivity contribution is 5.83. The summed E-state index contributed by atoms with van der Waals surface area (Å²) < 4.78 is 0. The quantitative estimate of drug-likeness (QED) is 0.770. The van der Waals surface area contributed by atoms with Crippen LogP contribution in [0.3, 0.4) is 0 Å². The first-order valence-corrected chi connectivity index (χ1v) is 6.10. The Labute approximate surface area is 106 Å². The van der Waals surface area contributed by atoms with Crippen molar-refractivity contribution in [3.8, 4) is 0 Å². The number of nitrogen functional groups attached to an aromatic ring is 1. The van der Waals surface area contributed by atoms with Crippen LogP contribution in [0, 0.1) is 11.3 Å². The van der Waals surface area contributed by atoms with E-state index in [1.165, 1.54) is 0 Å². The Morgan fingerprint density at radius 3 is 2.78 bits per heavy atom. The summed E-state index contributed by atoms with van der Waals surface area (Å²) in [6.45, 7) is 9.68. The van der Waals surface area contributed by atoms with Crippen molar-refractivity contribution in [2.24, 2.45) is 11.3 Å². The van der Waals surface area contributed by atoms with Gasteiger partial charge in [0.1, 0.15) is 5.52 Å². The first-order chi connectivity index (χ1) is 8.40. The number of fused-ring (bicyclic) bond motifs is 1. The molecule has 0 radical (unpaired) electrons. The highest BCUT2D eigenvalue weighted by Gasteiger charge is 2.22. The van der Waals surface area contributed by atoms with E-state index in [2.05, 4.69) is 52.9 Å². The molecule has 0 fully saturated rings. The van der Waals surface area contributed by atoms with E-state index in [0.717, 1.165) is 12.1 Å². The van der Waals surface area contributed by atoms with Crippen molar-refractivity contribution in [2.45, 2.75) is 27.7 Å². The van der Waals surface area contributed by atoms with E-state index in [-0.39, 0.29) is 11.4 Å². The molecule has 2 aromatic heterocycles. The summed E-state index contributed by atoms with van der Waals surface area (Å²) in [7, 11) is 0. The third-order valence-electron chi connectivity index (χ3n) is 3.58. The Bertz CT molecular complexity index is 542. The number of rotatable bonds is 4. The molecule has 4 N–H and O–H groups in total. The van der Waals surface area contributed by atoms with Gasteiger partial charge in [-0.05, 0) is 11.3 Å². The molecular weight excluding hydrogens is 228 g/mol. The van der Waals surface area contributed by atoms with Crippen LogP contribution in [0.15, 0.2) is 6.33 Å². The highest BCUT2D eigenvalue weighted by Crippen LogP contribution is 2.27. The van der Waals surface area contributed by atoms with Crippen molar-refractivity contribution in [3.63, 3.8) is 0 Å².